The third-order valence-electron chi connectivity index (χ3n) is 9.45. The maximum Gasteiger partial charge on any atom is 0.107 e. The lowest BCUT2D eigenvalue weighted by molar-refractivity contribution is 1.19. The molecule has 232 valence electrons. The van der Waals surface area contributed by atoms with E-state index in [1.54, 1.807) is 18.6 Å². The summed E-state index contributed by atoms with van der Waals surface area (Å²) in [4.78, 5) is 28.6. The summed E-state index contributed by atoms with van der Waals surface area (Å²) >= 11 is 0. The zero-order valence-electron chi connectivity index (χ0n) is 26.7. The van der Waals surface area contributed by atoms with E-state index in [9.17, 15) is 0 Å². The van der Waals surface area contributed by atoms with Gasteiger partial charge < -0.3 is 0 Å². The van der Waals surface area contributed by atoms with Crippen LogP contribution in [0.5, 0.6) is 0 Å². The summed E-state index contributed by atoms with van der Waals surface area (Å²) in [5.41, 5.74) is 11.4. The molecule has 50 heavy (non-hydrogen) atoms. The first-order valence-electron chi connectivity index (χ1n) is 16.5. The molecule has 10 aromatic rings. The molecular formula is C44H26N6. The molecule has 0 unspecified atom stereocenters. The van der Waals surface area contributed by atoms with Crippen LogP contribution in [0.4, 0.5) is 0 Å². The number of pyridine rings is 4. The molecule has 0 fully saturated rings. The lowest BCUT2D eigenvalue weighted by Gasteiger charge is -2.13. The molecule has 0 aliphatic heterocycles. The average Bonchev–Trinajstić information content (AvgIpc) is 3.19. The average molecular weight is 639 g/mol. The minimum Gasteiger partial charge on any atom is -0.261 e. The number of rotatable bonds is 4. The predicted molar refractivity (Wildman–Crippen MR) is 202 cm³/mol. The molecule has 6 heteroatoms. The number of fused-ring (bicyclic) bond motifs is 6. The van der Waals surface area contributed by atoms with E-state index in [-0.39, 0.29) is 0 Å². The van der Waals surface area contributed by atoms with E-state index in [0.717, 1.165) is 99.4 Å². The summed E-state index contributed by atoms with van der Waals surface area (Å²) in [5.74, 6) is 0. The van der Waals surface area contributed by atoms with Crippen LogP contribution in [-0.2, 0) is 0 Å². The Morgan fingerprint density at radius 3 is 1.62 bits per heavy atom. The molecule has 0 aliphatic carbocycles. The van der Waals surface area contributed by atoms with Gasteiger partial charge in [0.15, 0.2) is 0 Å². The Kier molecular flexibility index (Phi) is 6.39. The number of hydrogen-bond acceptors (Lipinski definition) is 6. The van der Waals surface area contributed by atoms with Crippen molar-refractivity contribution < 1.29 is 0 Å². The highest BCUT2D eigenvalue weighted by molar-refractivity contribution is 6.07. The minimum absolute atomic E-state index is 0.752. The summed E-state index contributed by atoms with van der Waals surface area (Å²) in [6.45, 7) is 0. The number of benzene rings is 5. The summed E-state index contributed by atoms with van der Waals surface area (Å²) < 4.78 is 0. The van der Waals surface area contributed by atoms with Crippen LogP contribution >= 0.6 is 0 Å². The standard InChI is InChI=1S/C44H26N6/c1-2-6-34-33(5-1)35(16-17-36(34)38-19-15-30-10-9-29-4-3-21-47-43(29)44(30)50-38)37-18-13-27-7-11-31(24-40(27)48-37)32-12-8-28-14-20-39(49-41(28)25-32)42-26-45-22-23-46-42/h1-26H. The van der Waals surface area contributed by atoms with Gasteiger partial charge in [-0.1, -0.05) is 97.1 Å². The summed E-state index contributed by atoms with van der Waals surface area (Å²) in [5, 5.41) is 6.58. The first-order valence-corrected chi connectivity index (χ1v) is 16.5. The Labute approximate surface area is 286 Å². The van der Waals surface area contributed by atoms with Crippen molar-refractivity contribution in [1.29, 1.82) is 0 Å². The third kappa shape index (κ3) is 4.73. The van der Waals surface area contributed by atoms with E-state index in [2.05, 4.69) is 136 Å². The highest BCUT2D eigenvalue weighted by Gasteiger charge is 2.14. The molecule has 0 spiro atoms. The van der Waals surface area contributed by atoms with Gasteiger partial charge in [0.1, 0.15) is 5.69 Å². The second-order valence-electron chi connectivity index (χ2n) is 12.4. The number of aromatic nitrogens is 6. The monoisotopic (exact) mass is 638 g/mol. The highest BCUT2D eigenvalue weighted by atomic mass is 14.8. The number of hydrogen-bond donors (Lipinski definition) is 0. The summed E-state index contributed by atoms with van der Waals surface area (Å²) in [6, 6.07) is 46.5. The van der Waals surface area contributed by atoms with Crippen LogP contribution in [0.2, 0.25) is 0 Å². The molecule has 0 bridgehead atoms. The topological polar surface area (TPSA) is 77.3 Å². The van der Waals surface area contributed by atoms with Gasteiger partial charge in [-0.15, -0.1) is 0 Å². The van der Waals surface area contributed by atoms with Crippen molar-refractivity contribution in [2.75, 3.05) is 0 Å². The number of nitrogens with zero attached hydrogens (tertiary/aromatic N) is 6. The minimum atomic E-state index is 0.752. The van der Waals surface area contributed by atoms with E-state index < -0.39 is 0 Å². The first kappa shape index (κ1) is 28.1. The zero-order chi connectivity index (χ0) is 33.0. The normalized spacial score (nSPS) is 11.6. The van der Waals surface area contributed by atoms with Gasteiger partial charge >= 0.3 is 0 Å². The van der Waals surface area contributed by atoms with Crippen LogP contribution in [0.1, 0.15) is 0 Å². The van der Waals surface area contributed by atoms with Gasteiger partial charge in [-0.3, -0.25) is 15.0 Å². The smallest absolute Gasteiger partial charge is 0.107 e. The van der Waals surface area contributed by atoms with Crippen molar-refractivity contribution in [2.24, 2.45) is 0 Å². The highest BCUT2D eigenvalue weighted by Crippen LogP contribution is 2.37. The summed E-state index contributed by atoms with van der Waals surface area (Å²) in [6.07, 6.45) is 6.92. The maximum absolute atomic E-state index is 5.22. The third-order valence-corrected chi connectivity index (χ3v) is 9.45. The van der Waals surface area contributed by atoms with Crippen LogP contribution in [0.3, 0.4) is 0 Å². The fourth-order valence-electron chi connectivity index (χ4n) is 6.94. The van der Waals surface area contributed by atoms with Gasteiger partial charge in [0.05, 0.1) is 45.3 Å². The lowest BCUT2D eigenvalue weighted by atomic mass is 9.95. The van der Waals surface area contributed by atoms with Crippen molar-refractivity contribution >= 4 is 54.4 Å². The van der Waals surface area contributed by atoms with Gasteiger partial charge in [-0.05, 0) is 58.3 Å². The molecular weight excluding hydrogens is 613 g/mol. The Bertz CT molecular complexity index is 2940. The molecule has 5 aromatic heterocycles. The largest absolute Gasteiger partial charge is 0.261 e. The quantitative estimate of drug-likeness (QED) is 0.179. The van der Waals surface area contributed by atoms with Crippen LogP contribution in [0, 0.1) is 0 Å². The molecule has 0 saturated heterocycles. The molecule has 0 N–H and O–H groups in total. The second kappa shape index (κ2) is 11.4. The Hall–Kier alpha value is -6.92. The van der Waals surface area contributed by atoms with E-state index in [1.165, 1.54) is 0 Å². The van der Waals surface area contributed by atoms with Crippen LogP contribution in [0.15, 0.2) is 158 Å². The molecule has 0 amide bonds. The first-order chi connectivity index (χ1) is 24.7. The molecule has 5 heterocycles. The van der Waals surface area contributed by atoms with Gasteiger partial charge in [0.25, 0.3) is 0 Å². The molecule has 5 aromatic carbocycles. The van der Waals surface area contributed by atoms with Gasteiger partial charge in [-0.2, -0.15) is 0 Å². The fraction of sp³-hybridized carbons (Fsp3) is 0. The molecule has 0 saturated carbocycles. The molecule has 0 atom stereocenters. The van der Waals surface area contributed by atoms with Gasteiger partial charge in [0, 0.05) is 51.3 Å². The van der Waals surface area contributed by atoms with E-state index >= 15 is 0 Å². The van der Waals surface area contributed by atoms with Crippen molar-refractivity contribution in [3.05, 3.63) is 158 Å². The zero-order valence-corrected chi connectivity index (χ0v) is 26.7. The van der Waals surface area contributed by atoms with E-state index in [4.69, 9.17) is 15.0 Å². The van der Waals surface area contributed by atoms with E-state index in [1.807, 2.05) is 18.3 Å². The fourth-order valence-corrected chi connectivity index (χ4v) is 6.94. The van der Waals surface area contributed by atoms with Crippen molar-refractivity contribution in [3.8, 4) is 45.0 Å². The van der Waals surface area contributed by atoms with E-state index in [0.29, 0.717) is 0 Å². The molecule has 0 aliphatic rings. The maximum atomic E-state index is 5.22. The van der Waals surface area contributed by atoms with Crippen LogP contribution < -0.4 is 0 Å². The van der Waals surface area contributed by atoms with Crippen molar-refractivity contribution in [2.45, 2.75) is 0 Å². The molecule has 10 rings (SSSR count). The van der Waals surface area contributed by atoms with Crippen molar-refractivity contribution in [1.82, 2.24) is 29.9 Å². The molecule has 6 nitrogen and oxygen atoms in total. The Morgan fingerprint density at radius 1 is 0.360 bits per heavy atom. The second-order valence-corrected chi connectivity index (χ2v) is 12.4. The summed E-state index contributed by atoms with van der Waals surface area (Å²) in [7, 11) is 0. The van der Waals surface area contributed by atoms with Crippen LogP contribution in [-0.4, -0.2) is 29.9 Å². The SMILES string of the molecule is c1cnc2c(c1)ccc1ccc(-c3ccc(-c4ccc5ccc(-c6ccc7ccc(-c8cnccn8)nc7c6)cc5n4)c4ccccc34)nc12. The Morgan fingerprint density at radius 2 is 0.940 bits per heavy atom. The van der Waals surface area contributed by atoms with Gasteiger partial charge in [0.2, 0.25) is 0 Å². The molecule has 0 radical (unpaired) electrons. The van der Waals surface area contributed by atoms with Gasteiger partial charge in [-0.25, -0.2) is 15.0 Å². The Balaban J connectivity index is 1.06. The predicted octanol–water partition coefficient (Wildman–Crippen LogP) is 10.5. The van der Waals surface area contributed by atoms with Crippen molar-refractivity contribution in [3.63, 3.8) is 0 Å². The van der Waals surface area contributed by atoms with Crippen LogP contribution in [0.25, 0.3) is 99.4 Å². The lowest BCUT2D eigenvalue weighted by Crippen LogP contribution is -1.92.